The predicted octanol–water partition coefficient (Wildman–Crippen LogP) is 1.90. The van der Waals surface area contributed by atoms with Crippen molar-refractivity contribution in [2.24, 2.45) is 5.90 Å². The van der Waals surface area contributed by atoms with Crippen molar-refractivity contribution in [1.82, 2.24) is 0 Å². The molecule has 1 aromatic carbocycles. The summed E-state index contributed by atoms with van der Waals surface area (Å²) in [6, 6.07) is 2.09. The monoisotopic (exact) mass is 229 g/mol. The molecule has 1 saturated carbocycles. The Hall–Kier alpha value is -1.20. The van der Waals surface area contributed by atoms with Crippen LogP contribution in [0, 0.1) is 11.6 Å². The highest BCUT2D eigenvalue weighted by Gasteiger charge is 2.47. The van der Waals surface area contributed by atoms with Crippen LogP contribution in [0.4, 0.5) is 8.78 Å². The summed E-state index contributed by atoms with van der Waals surface area (Å²) in [5.41, 5.74) is 0.112. The standard InChI is InChI=1S/C11H13F2NO2/c1-15-10-8(4-7(12)5-9(10)13)11(2-3-11)6-16-14/h4-5H,2-3,6,14H2,1H3. The van der Waals surface area contributed by atoms with E-state index in [2.05, 4.69) is 4.84 Å². The van der Waals surface area contributed by atoms with Crippen molar-refractivity contribution in [2.45, 2.75) is 18.3 Å². The summed E-state index contributed by atoms with van der Waals surface area (Å²) in [4.78, 5) is 4.60. The molecular formula is C11H13F2NO2. The molecule has 0 atom stereocenters. The molecule has 1 aliphatic rings. The first-order valence-corrected chi connectivity index (χ1v) is 4.98. The summed E-state index contributed by atoms with van der Waals surface area (Å²) in [5, 5.41) is 0. The van der Waals surface area contributed by atoms with Crippen LogP contribution in [0.2, 0.25) is 0 Å². The zero-order valence-electron chi connectivity index (χ0n) is 8.93. The fraction of sp³-hybridized carbons (Fsp3) is 0.455. The second-order valence-corrected chi connectivity index (χ2v) is 4.06. The number of hydrogen-bond acceptors (Lipinski definition) is 3. The Balaban J connectivity index is 2.47. The van der Waals surface area contributed by atoms with Gasteiger partial charge >= 0.3 is 0 Å². The SMILES string of the molecule is COc1c(F)cc(F)cc1C1(CON)CC1. The first-order chi connectivity index (χ1) is 7.63. The fourth-order valence-corrected chi connectivity index (χ4v) is 1.96. The van der Waals surface area contributed by atoms with Gasteiger partial charge in [-0.15, -0.1) is 0 Å². The van der Waals surface area contributed by atoms with Gasteiger partial charge in [0, 0.05) is 17.0 Å². The van der Waals surface area contributed by atoms with Crippen LogP contribution >= 0.6 is 0 Å². The van der Waals surface area contributed by atoms with Crippen LogP contribution in [0.5, 0.6) is 5.75 Å². The predicted molar refractivity (Wildman–Crippen MR) is 54.0 cm³/mol. The number of benzene rings is 1. The first kappa shape index (κ1) is 11.3. The third-order valence-electron chi connectivity index (χ3n) is 3.00. The van der Waals surface area contributed by atoms with Crippen LogP contribution in [0.3, 0.4) is 0 Å². The van der Waals surface area contributed by atoms with E-state index in [1.807, 2.05) is 0 Å². The highest BCUT2D eigenvalue weighted by Crippen LogP contribution is 2.51. The Bertz CT molecular complexity index is 405. The van der Waals surface area contributed by atoms with E-state index in [-0.39, 0.29) is 17.8 Å². The van der Waals surface area contributed by atoms with Gasteiger partial charge in [-0.1, -0.05) is 0 Å². The summed E-state index contributed by atoms with van der Waals surface area (Å²) in [6.07, 6.45) is 1.59. The molecule has 16 heavy (non-hydrogen) atoms. The largest absolute Gasteiger partial charge is 0.493 e. The molecule has 0 saturated heterocycles. The fourth-order valence-electron chi connectivity index (χ4n) is 1.96. The molecule has 1 aliphatic carbocycles. The quantitative estimate of drug-likeness (QED) is 0.802. The lowest BCUT2D eigenvalue weighted by molar-refractivity contribution is 0.115. The number of rotatable bonds is 4. The molecule has 2 rings (SSSR count). The summed E-state index contributed by atoms with van der Waals surface area (Å²) in [6.45, 7) is 0.242. The molecule has 0 spiro atoms. The lowest BCUT2D eigenvalue weighted by atomic mass is 9.95. The molecule has 1 fully saturated rings. The van der Waals surface area contributed by atoms with E-state index < -0.39 is 11.6 Å². The summed E-state index contributed by atoms with van der Waals surface area (Å²) < 4.78 is 31.6. The second-order valence-electron chi connectivity index (χ2n) is 4.06. The van der Waals surface area contributed by atoms with Gasteiger partial charge in [-0.05, 0) is 18.9 Å². The van der Waals surface area contributed by atoms with Gasteiger partial charge in [-0.25, -0.2) is 14.7 Å². The number of hydrogen-bond donors (Lipinski definition) is 1. The minimum Gasteiger partial charge on any atom is -0.493 e. The number of nitrogens with two attached hydrogens (primary N) is 1. The van der Waals surface area contributed by atoms with Crippen molar-refractivity contribution in [3.63, 3.8) is 0 Å². The Labute approximate surface area is 92.1 Å². The lowest BCUT2D eigenvalue weighted by Crippen LogP contribution is -2.19. The summed E-state index contributed by atoms with van der Waals surface area (Å²) in [7, 11) is 1.36. The molecule has 88 valence electrons. The minimum atomic E-state index is -0.694. The average Bonchev–Trinajstić information content (AvgIpc) is 2.98. The number of methoxy groups -OCH3 is 1. The van der Waals surface area contributed by atoms with Crippen molar-refractivity contribution >= 4 is 0 Å². The second kappa shape index (κ2) is 3.99. The van der Waals surface area contributed by atoms with Crippen LogP contribution in [-0.2, 0) is 10.3 Å². The maximum atomic E-state index is 13.5. The van der Waals surface area contributed by atoms with Crippen LogP contribution in [0.15, 0.2) is 12.1 Å². The van der Waals surface area contributed by atoms with E-state index in [1.54, 1.807) is 0 Å². The maximum absolute atomic E-state index is 13.5. The molecule has 2 N–H and O–H groups in total. The van der Waals surface area contributed by atoms with Gasteiger partial charge < -0.3 is 9.57 Å². The molecule has 0 heterocycles. The highest BCUT2D eigenvalue weighted by molar-refractivity contribution is 5.44. The lowest BCUT2D eigenvalue weighted by Gasteiger charge is -2.18. The Morgan fingerprint density at radius 1 is 1.38 bits per heavy atom. The topological polar surface area (TPSA) is 44.5 Å². The molecular weight excluding hydrogens is 216 g/mol. The normalized spacial score (nSPS) is 17.2. The van der Waals surface area contributed by atoms with Gasteiger partial charge in [-0.3, -0.25) is 0 Å². The molecule has 1 aromatic rings. The van der Waals surface area contributed by atoms with Gasteiger partial charge in [0.1, 0.15) is 5.82 Å². The number of halogens is 2. The highest BCUT2D eigenvalue weighted by atomic mass is 19.1. The van der Waals surface area contributed by atoms with Crippen LogP contribution < -0.4 is 10.6 Å². The molecule has 3 nitrogen and oxygen atoms in total. The number of ether oxygens (including phenoxy) is 1. The van der Waals surface area contributed by atoms with Gasteiger partial charge in [0.25, 0.3) is 0 Å². The third kappa shape index (κ3) is 1.76. The van der Waals surface area contributed by atoms with Crippen molar-refractivity contribution in [2.75, 3.05) is 13.7 Å². The molecule has 0 bridgehead atoms. The molecule has 0 amide bonds. The molecule has 0 aromatic heterocycles. The molecule has 0 unspecified atom stereocenters. The molecule has 0 aliphatic heterocycles. The van der Waals surface area contributed by atoms with Gasteiger partial charge in [0.05, 0.1) is 13.7 Å². The van der Waals surface area contributed by atoms with Crippen molar-refractivity contribution in [3.8, 4) is 5.75 Å². The van der Waals surface area contributed by atoms with Crippen molar-refractivity contribution < 1.29 is 18.4 Å². The molecule has 5 heteroatoms. The van der Waals surface area contributed by atoms with Crippen molar-refractivity contribution in [3.05, 3.63) is 29.3 Å². The Morgan fingerprint density at radius 2 is 2.06 bits per heavy atom. The van der Waals surface area contributed by atoms with Gasteiger partial charge in [0.15, 0.2) is 11.6 Å². The van der Waals surface area contributed by atoms with E-state index in [0.29, 0.717) is 5.56 Å². The molecule has 0 radical (unpaired) electrons. The van der Waals surface area contributed by atoms with Crippen LogP contribution in [0.1, 0.15) is 18.4 Å². The first-order valence-electron chi connectivity index (χ1n) is 4.98. The smallest absolute Gasteiger partial charge is 0.168 e. The summed E-state index contributed by atoms with van der Waals surface area (Å²) >= 11 is 0. The van der Waals surface area contributed by atoms with E-state index >= 15 is 0 Å². The van der Waals surface area contributed by atoms with E-state index in [1.165, 1.54) is 13.2 Å². The Kier molecular flexibility index (Phi) is 2.82. The van der Waals surface area contributed by atoms with Crippen LogP contribution in [-0.4, -0.2) is 13.7 Å². The Morgan fingerprint density at radius 3 is 2.56 bits per heavy atom. The minimum absolute atomic E-state index is 0.0796. The zero-order valence-corrected chi connectivity index (χ0v) is 8.93. The van der Waals surface area contributed by atoms with Gasteiger partial charge in [0.2, 0.25) is 0 Å². The third-order valence-corrected chi connectivity index (χ3v) is 3.00. The maximum Gasteiger partial charge on any atom is 0.168 e. The van der Waals surface area contributed by atoms with Crippen molar-refractivity contribution in [1.29, 1.82) is 0 Å². The average molecular weight is 229 g/mol. The van der Waals surface area contributed by atoms with E-state index in [4.69, 9.17) is 10.6 Å². The van der Waals surface area contributed by atoms with Crippen LogP contribution in [0.25, 0.3) is 0 Å². The summed E-state index contributed by atoms with van der Waals surface area (Å²) in [5.74, 6) is 3.80. The van der Waals surface area contributed by atoms with Gasteiger partial charge in [-0.2, -0.15) is 0 Å². The zero-order chi connectivity index (χ0) is 11.8. The van der Waals surface area contributed by atoms with E-state index in [9.17, 15) is 8.78 Å². The van der Waals surface area contributed by atoms with E-state index in [0.717, 1.165) is 18.9 Å².